The first-order chi connectivity index (χ1) is 6.24. The van der Waals surface area contributed by atoms with Gasteiger partial charge in [0.05, 0.1) is 26.2 Å². The fraction of sp³-hybridized carbons (Fsp3) is 0.385. The molecule has 0 radical (unpaired) electrons. The van der Waals surface area contributed by atoms with Crippen molar-refractivity contribution < 1.29 is 4.48 Å². The molecule has 0 saturated heterocycles. The van der Waals surface area contributed by atoms with Gasteiger partial charge in [0, 0.05) is 0 Å². The molecule has 0 aromatic heterocycles. The monoisotopic (exact) mass is 194 g/mol. The lowest BCUT2D eigenvalue weighted by atomic mass is 10.3. The van der Waals surface area contributed by atoms with Gasteiger partial charge in [0.15, 0.2) is 0 Å². The number of quaternary nitrogens is 1. The first-order valence-electron chi connectivity index (χ1n) is 4.53. The SMILES string of the molecule is C.C=CC[N+](CC=C)(CC=C)CC=C. The van der Waals surface area contributed by atoms with Crippen LogP contribution in [0.25, 0.3) is 0 Å². The number of rotatable bonds is 8. The molecule has 0 atom stereocenters. The van der Waals surface area contributed by atoms with Crippen LogP contribution in [-0.2, 0) is 0 Å². The number of hydrogen-bond donors (Lipinski definition) is 0. The minimum absolute atomic E-state index is 0. The zero-order valence-corrected chi connectivity index (χ0v) is 8.41. The van der Waals surface area contributed by atoms with E-state index < -0.39 is 0 Å². The summed E-state index contributed by atoms with van der Waals surface area (Å²) in [6.45, 7) is 18.8. The maximum Gasteiger partial charge on any atom is 0.0978 e. The molecule has 0 bridgehead atoms. The second-order valence-corrected chi connectivity index (χ2v) is 3.23. The van der Waals surface area contributed by atoms with Crippen LogP contribution in [0.1, 0.15) is 7.43 Å². The Morgan fingerprint density at radius 1 is 0.643 bits per heavy atom. The molecular formula is C13H24N+. The van der Waals surface area contributed by atoms with E-state index in [9.17, 15) is 0 Å². The molecule has 80 valence electrons. The van der Waals surface area contributed by atoms with Crippen LogP contribution < -0.4 is 0 Å². The van der Waals surface area contributed by atoms with E-state index in [1.54, 1.807) is 0 Å². The van der Waals surface area contributed by atoms with Crippen molar-refractivity contribution >= 4 is 0 Å². The van der Waals surface area contributed by atoms with E-state index in [1.807, 2.05) is 24.3 Å². The largest absolute Gasteiger partial charge is 0.311 e. The van der Waals surface area contributed by atoms with Crippen molar-refractivity contribution in [3.05, 3.63) is 50.6 Å². The molecule has 0 heterocycles. The molecule has 0 aliphatic rings. The second-order valence-electron chi connectivity index (χ2n) is 3.23. The highest BCUT2D eigenvalue weighted by Crippen LogP contribution is 2.07. The van der Waals surface area contributed by atoms with E-state index in [1.165, 1.54) is 0 Å². The molecule has 1 heteroatoms. The summed E-state index contributed by atoms with van der Waals surface area (Å²) in [5, 5.41) is 0. The quantitative estimate of drug-likeness (QED) is 0.411. The maximum absolute atomic E-state index is 3.77. The zero-order chi connectivity index (χ0) is 10.2. The van der Waals surface area contributed by atoms with E-state index in [-0.39, 0.29) is 7.43 Å². The molecule has 0 N–H and O–H groups in total. The molecule has 0 aliphatic heterocycles. The second kappa shape index (κ2) is 8.52. The lowest BCUT2D eigenvalue weighted by Gasteiger charge is -2.35. The summed E-state index contributed by atoms with van der Waals surface area (Å²) in [6, 6.07) is 0. The van der Waals surface area contributed by atoms with Crippen LogP contribution in [0.5, 0.6) is 0 Å². The van der Waals surface area contributed by atoms with Gasteiger partial charge in [0.25, 0.3) is 0 Å². The molecule has 0 amide bonds. The average molecular weight is 194 g/mol. The average Bonchev–Trinajstić information content (AvgIpc) is 2.06. The van der Waals surface area contributed by atoms with E-state index in [0.717, 1.165) is 30.7 Å². The van der Waals surface area contributed by atoms with Crippen LogP contribution in [0.15, 0.2) is 50.6 Å². The first-order valence-corrected chi connectivity index (χ1v) is 4.53. The van der Waals surface area contributed by atoms with Gasteiger partial charge in [-0.1, -0.05) is 33.7 Å². The third-order valence-corrected chi connectivity index (χ3v) is 2.07. The van der Waals surface area contributed by atoms with Crippen molar-refractivity contribution in [2.45, 2.75) is 7.43 Å². The Bertz CT molecular complexity index is 146. The Balaban J connectivity index is 0. The molecule has 0 unspecified atom stereocenters. The van der Waals surface area contributed by atoms with Gasteiger partial charge >= 0.3 is 0 Å². The highest BCUT2D eigenvalue weighted by atomic mass is 15.3. The van der Waals surface area contributed by atoms with Crippen LogP contribution in [0.2, 0.25) is 0 Å². The van der Waals surface area contributed by atoms with Crippen molar-refractivity contribution in [1.82, 2.24) is 0 Å². The molecule has 0 aliphatic carbocycles. The van der Waals surface area contributed by atoms with Crippen molar-refractivity contribution in [2.24, 2.45) is 0 Å². The van der Waals surface area contributed by atoms with Crippen molar-refractivity contribution in [3.63, 3.8) is 0 Å². The van der Waals surface area contributed by atoms with Gasteiger partial charge in [-0.15, -0.1) is 0 Å². The Hall–Kier alpha value is -1.08. The predicted octanol–water partition coefficient (Wildman–Crippen LogP) is 3.18. The smallest absolute Gasteiger partial charge is 0.0978 e. The van der Waals surface area contributed by atoms with Gasteiger partial charge in [-0.05, 0) is 24.3 Å². The summed E-state index contributed by atoms with van der Waals surface area (Å²) in [5.74, 6) is 0. The van der Waals surface area contributed by atoms with Crippen LogP contribution in [0, 0.1) is 0 Å². The topological polar surface area (TPSA) is 0 Å². The van der Waals surface area contributed by atoms with E-state index in [2.05, 4.69) is 26.3 Å². The van der Waals surface area contributed by atoms with Crippen LogP contribution in [0.4, 0.5) is 0 Å². The van der Waals surface area contributed by atoms with Crippen molar-refractivity contribution in [1.29, 1.82) is 0 Å². The van der Waals surface area contributed by atoms with Gasteiger partial charge in [0.2, 0.25) is 0 Å². The summed E-state index contributed by atoms with van der Waals surface area (Å²) in [7, 11) is 0. The molecule has 14 heavy (non-hydrogen) atoms. The lowest BCUT2D eigenvalue weighted by Crippen LogP contribution is -2.48. The predicted molar refractivity (Wildman–Crippen MR) is 67.2 cm³/mol. The van der Waals surface area contributed by atoms with Crippen molar-refractivity contribution in [3.8, 4) is 0 Å². The molecule has 0 fully saturated rings. The zero-order valence-electron chi connectivity index (χ0n) is 8.41. The maximum atomic E-state index is 3.77. The highest BCUT2D eigenvalue weighted by molar-refractivity contribution is 4.79. The fourth-order valence-electron chi connectivity index (χ4n) is 1.54. The molecule has 0 rings (SSSR count). The first kappa shape index (κ1) is 15.4. The Morgan fingerprint density at radius 2 is 0.857 bits per heavy atom. The Labute approximate surface area is 89.3 Å². The van der Waals surface area contributed by atoms with Gasteiger partial charge in [-0.3, -0.25) is 0 Å². The fourth-order valence-corrected chi connectivity index (χ4v) is 1.54. The molecule has 0 spiro atoms. The van der Waals surface area contributed by atoms with E-state index in [0.29, 0.717) is 0 Å². The molecule has 1 nitrogen and oxygen atoms in total. The third-order valence-electron chi connectivity index (χ3n) is 2.07. The summed E-state index contributed by atoms with van der Waals surface area (Å²) < 4.78 is 0.903. The summed E-state index contributed by atoms with van der Waals surface area (Å²) >= 11 is 0. The van der Waals surface area contributed by atoms with Crippen LogP contribution >= 0.6 is 0 Å². The van der Waals surface area contributed by atoms with Gasteiger partial charge in [-0.25, -0.2) is 0 Å². The molecule has 0 aromatic carbocycles. The third kappa shape index (κ3) is 4.83. The Kier molecular flexibility index (Phi) is 9.36. The van der Waals surface area contributed by atoms with Crippen LogP contribution in [-0.4, -0.2) is 30.7 Å². The molecule has 0 saturated carbocycles. The van der Waals surface area contributed by atoms with Gasteiger partial charge < -0.3 is 4.48 Å². The number of hydrogen-bond acceptors (Lipinski definition) is 0. The minimum Gasteiger partial charge on any atom is -0.311 e. The number of nitrogens with zero attached hydrogens (tertiary/aromatic N) is 1. The van der Waals surface area contributed by atoms with E-state index >= 15 is 0 Å². The van der Waals surface area contributed by atoms with Crippen molar-refractivity contribution in [2.75, 3.05) is 26.2 Å². The van der Waals surface area contributed by atoms with E-state index in [4.69, 9.17) is 0 Å². The highest BCUT2D eigenvalue weighted by Gasteiger charge is 2.20. The Morgan fingerprint density at radius 3 is 1.00 bits per heavy atom. The minimum atomic E-state index is 0. The molecule has 0 aromatic rings. The summed E-state index contributed by atoms with van der Waals surface area (Å²) in [6.07, 6.45) is 7.76. The van der Waals surface area contributed by atoms with Gasteiger partial charge in [0.1, 0.15) is 0 Å². The van der Waals surface area contributed by atoms with Crippen LogP contribution in [0.3, 0.4) is 0 Å². The summed E-state index contributed by atoms with van der Waals surface area (Å²) in [5.41, 5.74) is 0. The molecular weight excluding hydrogens is 170 g/mol. The normalized spacial score (nSPS) is 9.71. The van der Waals surface area contributed by atoms with Gasteiger partial charge in [-0.2, -0.15) is 0 Å². The lowest BCUT2D eigenvalue weighted by molar-refractivity contribution is -0.906. The standard InChI is InChI=1S/C12H20N.CH4/c1-5-9-13(10-6-2,11-7-3)12-8-4;/h5-8H,1-4,9-12H2;1H4/q+1;. The summed E-state index contributed by atoms with van der Waals surface area (Å²) in [4.78, 5) is 0.